The lowest BCUT2D eigenvalue weighted by atomic mass is 10.0. The molecule has 0 unspecified atom stereocenters. The Labute approximate surface area is 164 Å². The molecule has 0 spiro atoms. The number of hydrogen-bond donors (Lipinski definition) is 2. The molecule has 0 aliphatic heterocycles. The lowest BCUT2D eigenvalue weighted by molar-refractivity contribution is -0.120. The van der Waals surface area contributed by atoms with Crippen LogP contribution in [0.4, 0.5) is 5.69 Å². The molecule has 3 N–H and O–H groups in total. The molecule has 5 heteroatoms. The summed E-state index contributed by atoms with van der Waals surface area (Å²) in [6, 6.07) is 24.9. The number of carbonyl (C=O) groups is 2. The van der Waals surface area contributed by atoms with Crippen LogP contribution in [0.5, 0.6) is 0 Å². The van der Waals surface area contributed by atoms with E-state index >= 15 is 0 Å². The van der Waals surface area contributed by atoms with Crippen LogP contribution in [0.25, 0.3) is 0 Å². The van der Waals surface area contributed by atoms with Gasteiger partial charge in [0, 0.05) is 24.8 Å². The van der Waals surface area contributed by atoms with Crippen LogP contribution in [-0.2, 0) is 11.3 Å². The molecule has 0 aromatic heterocycles. The Balaban J connectivity index is 1.89. The van der Waals surface area contributed by atoms with Gasteiger partial charge in [-0.15, -0.1) is 0 Å². The number of rotatable bonds is 6. The van der Waals surface area contributed by atoms with Gasteiger partial charge in [-0.2, -0.15) is 0 Å². The van der Waals surface area contributed by atoms with Gasteiger partial charge in [0.1, 0.15) is 6.04 Å². The second-order valence-electron chi connectivity index (χ2n) is 6.45. The van der Waals surface area contributed by atoms with Crippen LogP contribution in [-0.4, -0.2) is 18.9 Å². The largest absolute Gasteiger partial charge is 0.336 e. The zero-order chi connectivity index (χ0) is 19.9. The SMILES string of the molecule is CN(C(=O)[C@H](NC(=O)c1cccc(CN)c1)c1ccccc1)c1ccccc1. The summed E-state index contributed by atoms with van der Waals surface area (Å²) in [6.07, 6.45) is 0. The fourth-order valence-corrected chi connectivity index (χ4v) is 2.96. The Morgan fingerprint density at radius 2 is 1.57 bits per heavy atom. The monoisotopic (exact) mass is 373 g/mol. The van der Waals surface area contributed by atoms with Gasteiger partial charge < -0.3 is 16.0 Å². The van der Waals surface area contributed by atoms with E-state index in [1.165, 1.54) is 0 Å². The maximum absolute atomic E-state index is 13.2. The molecule has 3 rings (SSSR count). The Bertz CT molecular complexity index is 942. The molecule has 1 atom stereocenters. The zero-order valence-corrected chi connectivity index (χ0v) is 15.7. The van der Waals surface area contributed by atoms with Crippen LogP contribution in [0.3, 0.4) is 0 Å². The topological polar surface area (TPSA) is 75.4 Å². The highest BCUT2D eigenvalue weighted by molar-refractivity contribution is 6.02. The van der Waals surface area contributed by atoms with Crippen molar-refractivity contribution in [2.45, 2.75) is 12.6 Å². The summed E-state index contributed by atoms with van der Waals surface area (Å²) in [5, 5.41) is 2.88. The first-order valence-electron chi connectivity index (χ1n) is 9.07. The fourth-order valence-electron chi connectivity index (χ4n) is 2.96. The van der Waals surface area contributed by atoms with Gasteiger partial charge in [0.15, 0.2) is 0 Å². The number of nitrogens with two attached hydrogens (primary N) is 1. The number of likely N-dealkylation sites (N-methyl/N-ethyl adjacent to an activating group) is 1. The molecule has 2 amide bonds. The molecule has 0 fully saturated rings. The molecule has 5 nitrogen and oxygen atoms in total. The van der Waals surface area contributed by atoms with E-state index in [0.29, 0.717) is 12.1 Å². The van der Waals surface area contributed by atoms with E-state index in [1.807, 2.05) is 66.7 Å². The number of hydrogen-bond acceptors (Lipinski definition) is 3. The van der Waals surface area contributed by atoms with Crippen molar-refractivity contribution < 1.29 is 9.59 Å². The quantitative estimate of drug-likeness (QED) is 0.696. The van der Waals surface area contributed by atoms with Crippen LogP contribution in [0, 0.1) is 0 Å². The molecule has 142 valence electrons. The van der Waals surface area contributed by atoms with Gasteiger partial charge in [0.25, 0.3) is 11.8 Å². The normalized spacial score (nSPS) is 11.5. The Morgan fingerprint density at radius 1 is 0.929 bits per heavy atom. The maximum Gasteiger partial charge on any atom is 0.253 e. The molecule has 0 aliphatic rings. The molecule has 28 heavy (non-hydrogen) atoms. The van der Waals surface area contributed by atoms with Gasteiger partial charge in [-0.1, -0.05) is 60.7 Å². The first-order chi connectivity index (χ1) is 13.6. The Hall–Kier alpha value is -3.44. The van der Waals surface area contributed by atoms with Crippen LogP contribution in [0.15, 0.2) is 84.9 Å². The lowest BCUT2D eigenvalue weighted by Crippen LogP contribution is -2.41. The second-order valence-corrected chi connectivity index (χ2v) is 6.45. The van der Waals surface area contributed by atoms with Gasteiger partial charge in [-0.25, -0.2) is 0 Å². The van der Waals surface area contributed by atoms with Crippen molar-refractivity contribution in [1.29, 1.82) is 0 Å². The van der Waals surface area contributed by atoms with Crippen molar-refractivity contribution >= 4 is 17.5 Å². The smallest absolute Gasteiger partial charge is 0.253 e. The highest BCUT2D eigenvalue weighted by atomic mass is 16.2. The van der Waals surface area contributed by atoms with E-state index in [9.17, 15) is 9.59 Å². The van der Waals surface area contributed by atoms with Crippen LogP contribution in [0.1, 0.15) is 27.5 Å². The lowest BCUT2D eigenvalue weighted by Gasteiger charge is -2.25. The van der Waals surface area contributed by atoms with Gasteiger partial charge >= 0.3 is 0 Å². The predicted octanol–water partition coefficient (Wildman–Crippen LogP) is 3.28. The molecule has 0 aliphatic carbocycles. The molecular weight excluding hydrogens is 350 g/mol. The minimum Gasteiger partial charge on any atom is -0.336 e. The van der Waals surface area contributed by atoms with E-state index in [1.54, 1.807) is 30.1 Å². The van der Waals surface area contributed by atoms with Gasteiger partial charge in [-0.3, -0.25) is 9.59 Å². The molecule has 0 heterocycles. The standard InChI is InChI=1S/C23H23N3O2/c1-26(20-13-6-3-7-14-20)23(28)21(18-10-4-2-5-11-18)25-22(27)19-12-8-9-17(15-19)16-24/h2-15,21H,16,24H2,1H3,(H,25,27)/t21-/m1/s1. The fraction of sp³-hybridized carbons (Fsp3) is 0.130. The van der Waals surface area contributed by atoms with Crippen molar-refractivity contribution in [2.24, 2.45) is 5.73 Å². The van der Waals surface area contributed by atoms with Gasteiger partial charge in [-0.05, 0) is 35.4 Å². The van der Waals surface area contributed by atoms with E-state index in [0.717, 1.165) is 16.8 Å². The predicted molar refractivity (Wildman–Crippen MR) is 111 cm³/mol. The number of nitrogens with one attached hydrogen (secondary N) is 1. The third-order valence-corrected chi connectivity index (χ3v) is 4.55. The summed E-state index contributed by atoms with van der Waals surface area (Å²) in [4.78, 5) is 27.6. The summed E-state index contributed by atoms with van der Waals surface area (Å²) in [7, 11) is 1.70. The summed E-state index contributed by atoms with van der Waals surface area (Å²) in [5.41, 5.74) is 8.48. The minimum atomic E-state index is -0.805. The molecule has 0 saturated carbocycles. The second kappa shape index (κ2) is 8.97. The third-order valence-electron chi connectivity index (χ3n) is 4.55. The molecule has 0 saturated heterocycles. The summed E-state index contributed by atoms with van der Waals surface area (Å²) < 4.78 is 0. The van der Waals surface area contributed by atoms with Crippen molar-refractivity contribution in [3.8, 4) is 0 Å². The molecular formula is C23H23N3O2. The van der Waals surface area contributed by atoms with Crippen LogP contribution in [0.2, 0.25) is 0 Å². The van der Waals surface area contributed by atoms with Gasteiger partial charge in [0.05, 0.1) is 0 Å². The number of nitrogens with zero attached hydrogens (tertiary/aromatic N) is 1. The third kappa shape index (κ3) is 4.45. The average Bonchev–Trinajstić information content (AvgIpc) is 2.77. The zero-order valence-electron chi connectivity index (χ0n) is 15.7. The molecule has 0 radical (unpaired) electrons. The van der Waals surface area contributed by atoms with E-state index in [2.05, 4.69) is 5.32 Å². The first kappa shape index (κ1) is 19.3. The highest BCUT2D eigenvalue weighted by Crippen LogP contribution is 2.20. The first-order valence-corrected chi connectivity index (χ1v) is 9.07. The summed E-state index contributed by atoms with van der Waals surface area (Å²) >= 11 is 0. The van der Waals surface area contributed by atoms with Crippen LogP contribution >= 0.6 is 0 Å². The van der Waals surface area contributed by atoms with E-state index < -0.39 is 6.04 Å². The van der Waals surface area contributed by atoms with Crippen molar-refractivity contribution in [2.75, 3.05) is 11.9 Å². The summed E-state index contributed by atoms with van der Waals surface area (Å²) in [5.74, 6) is -0.542. The van der Waals surface area contributed by atoms with Crippen LogP contribution < -0.4 is 16.0 Å². The average molecular weight is 373 g/mol. The van der Waals surface area contributed by atoms with E-state index in [4.69, 9.17) is 5.73 Å². The number of para-hydroxylation sites is 1. The Kier molecular flexibility index (Phi) is 6.19. The number of benzene rings is 3. The van der Waals surface area contributed by atoms with Crippen molar-refractivity contribution in [3.63, 3.8) is 0 Å². The summed E-state index contributed by atoms with van der Waals surface area (Å²) in [6.45, 7) is 0.346. The Morgan fingerprint density at radius 3 is 2.21 bits per heavy atom. The number of amides is 2. The number of carbonyl (C=O) groups excluding carboxylic acids is 2. The van der Waals surface area contributed by atoms with Gasteiger partial charge in [0.2, 0.25) is 0 Å². The molecule has 3 aromatic carbocycles. The molecule has 3 aromatic rings. The number of anilines is 1. The van der Waals surface area contributed by atoms with Crippen molar-refractivity contribution in [1.82, 2.24) is 5.32 Å². The maximum atomic E-state index is 13.2. The molecule has 0 bridgehead atoms. The van der Waals surface area contributed by atoms with E-state index in [-0.39, 0.29) is 11.8 Å². The minimum absolute atomic E-state index is 0.222. The highest BCUT2D eigenvalue weighted by Gasteiger charge is 2.26. The van der Waals surface area contributed by atoms with Crippen molar-refractivity contribution in [3.05, 3.63) is 102 Å².